The van der Waals surface area contributed by atoms with Gasteiger partial charge in [-0.05, 0) is 31.7 Å². The van der Waals surface area contributed by atoms with E-state index in [-0.39, 0.29) is 12.0 Å². The summed E-state index contributed by atoms with van der Waals surface area (Å²) in [5.41, 5.74) is 0.374. The van der Waals surface area contributed by atoms with E-state index in [0.29, 0.717) is 12.3 Å². The molecular formula is C12H17N3O2. The third kappa shape index (κ3) is 2.67. The van der Waals surface area contributed by atoms with Crippen molar-refractivity contribution in [1.82, 2.24) is 14.7 Å². The summed E-state index contributed by atoms with van der Waals surface area (Å²) in [7, 11) is 2.04. The number of aromatic nitrogens is 2. The van der Waals surface area contributed by atoms with Gasteiger partial charge in [0.1, 0.15) is 0 Å². The van der Waals surface area contributed by atoms with Crippen molar-refractivity contribution in [3.63, 3.8) is 0 Å². The van der Waals surface area contributed by atoms with Gasteiger partial charge in [-0.1, -0.05) is 0 Å². The van der Waals surface area contributed by atoms with Gasteiger partial charge in [0.15, 0.2) is 5.69 Å². The minimum absolute atomic E-state index is 0.231. The molecule has 0 saturated carbocycles. The molecule has 0 aromatic carbocycles. The Hall–Kier alpha value is -1.78. The summed E-state index contributed by atoms with van der Waals surface area (Å²) in [6.07, 6.45) is 6.95. The Bertz CT molecular complexity index is 425. The molecule has 1 aromatic rings. The second kappa shape index (κ2) is 5.03. The maximum absolute atomic E-state index is 11.5. The first-order valence-electron chi connectivity index (χ1n) is 5.81. The molecule has 17 heavy (non-hydrogen) atoms. The van der Waals surface area contributed by atoms with Crippen LogP contribution in [0.4, 0.5) is 0 Å². The van der Waals surface area contributed by atoms with Crippen LogP contribution in [0.25, 0.3) is 0 Å². The van der Waals surface area contributed by atoms with Gasteiger partial charge in [-0.3, -0.25) is 4.68 Å². The fraction of sp³-hybridized carbons (Fsp3) is 0.500. The summed E-state index contributed by atoms with van der Waals surface area (Å²) in [6, 6.07) is 1.93. The van der Waals surface area contributed by atoms with Gasteiger partial charge in [-0.25, -0.2) is 4.79 Å². The van der Waals surface area contributed by atoms with Crippen molar-refractivity contribution < 1.29 is 9.53 Å². The molecule has 0 radical (unpaired) electrons. The summed E-state index contributed by atoms with van der Waals surface area (Å²) in [5, 5.41) is 4.25. The molecule has 92 valence electrons. The van der Waals surface area contributed by atoms with Gasteiger partial charge in [0.25, 0.3) is 0 Å². The van der Waals surface area contributed by atoms with E-state index in [9.17, 15) is 4.79 Å². The van der Waals surface area contributed by atoms with Crippen LogP contribution < -0.4 is 0 Å². The Morgan fingerprint density at radius 3 is 3.12 bits per heavy atom. The minimum Gasteiger partial charge on any atom is -0.461 e. The zero-order valence-electron chi connectivity index (χ0n) is 10.2. The molecule has 1 atom stereocenters. The molecule has 0 spiro atoms. The van der Waals surface area contributed by atoms with Gasteiger partial charge in [-0.2, -0.15) is 5.10 Å². The molecule has 0 N–H and O–H groups in total. The zero-order valence-corrected chi connectivity index (χ0v) is 10.2. The number of nitrogens with zero attached hydrogens (tertiary/aromatic N) is 3. The van der Waals surface area contributed by atoms with E-state index in [0.717, 1.165) is 13.0 Å². The van der Waals surface area contributed by atoms with Crippen LogP contribution in [0.15, 0.2) is 24.5 Å². The summed E-state index contributed by atoms with van der Waals surface area (Å²) in [4.78, 5) is 13.6. The van der Waals surface area contributed by atoms with Crippen molar-refractivity contribution in [3.8, 4) is 0 Å². The average molecular weight is 235 g/mol. The first-order valence-corrected chi connectivity index (χ1v) is 5.81. The molecule has 2 rings (SSSR count). The lowest BCUT2D eigenvalue weighted by Crippen LogP contribution is -2.22. The van der Waals surface area contributed by atoms with Crippen LogP contribution >= 0.6 is 0 Å². The Kier molecular flexibility index (Phi) is 3.46. The van der Waals surface area contributed by atoms with E-state index in [1.54, 1.807) is 13.0 Å². The molecule has 0 aliphatic carbocycles. The number of ether oxygens (including phenoxy) is 1. The highest BCUT2D eigenvalue weighted by Crippen LogP contribution is 2.18. The maximum atomic E-state index is 11.5. The molecule has 1 aromatic heterocycles. The average Bonchev–Trinajstić information content (AvgIpc) is 2.80. The van der Waals surface area contributed by atoms with Crippen molar-refractivity contribution in [2.45, 2.75) is 19.4 Å². The molecule has 0 fully saturated rings. The van der Waals surface area contributed by atoms with E-state index < -0.39 is 0 Å². The summed E-state index contributed by atoms with van der Waals surface area (Å²) < 4.78 is 6.72. The SMILES string of the molecule is CCOC(=O)c1ccn(C2C=CN(C)CC2)n1. The smallest absolute Gasteiger partial charge is 0.358 e. The number of carbonyl (C=O) groups excluding carboxylic acids is 1. The van der Waals surface area contributed by atoms with Gasteiger partial charge >= 0.3 is 5.97 Å². The molecule has 0 amide bonds. The second-order valence-corrected chi connectivity index (χ2v) is 4.08. The van der Waals surface area contributed by atoms with Gasteiger partial charge in [0, 0.05) is 19.8 Å². The van der Waals surface area contributed by atoms with Crippen molar-refractivity contribution in [3.05, 3.63) is 30.2 Å². The molecule has 0 saturated heterocycles. The standard InChI is InChI=1S/C12H17N3O2/c1-3-17-12(16)11-6-9-15(13-11)10-4-7-14(2)8-5-10/h4,6-7,9-10H,3,5,8H2,1-2H3. The zero-order chi connectivity index (χ0) is 12.3. The highest BCUT2D eigenvalue weighted by molar-refractivity contribution is 5.86. The van der Waals surface area contributed by atoms with Crippen molar-refractivity contribution >= 4 is 5.97 Å². The normalized spacial score (nSPS) is 19.4. The third-order valence-corrected chi connectivity index (χ3v) is 2.77. The third-order valence-electron chi connectivity index (χ3n) is 2.77. The Labute approximate surface area is 101 Å². The summed E-state index contributed by atoms with van der Waals surface area (Å²) in [5.74, 6) is -0.358. The number of hydrogen-bond donors (Lipinski definition) is 0. The lowest BCUT2D eigenvalue weighted by atomic mass is 10.1. The molecule has 2 heterocycles. The predicted octanol–water partition coefficient (Wildman–Crippen LogP) is 1.45. The number of esters is 1. The van der Waals surface area contributed by atoms with E-state index in [4.69, 9.17) is 4.74 Å². The number of carbonyl (C=O) groups is 1. The highest BCUT2D eigenvalue weighted by atomic mass is 16.5. The van der Waals surface area contributed by atoms with Gasteiger partial charge < -0.3 is 9.64 Å². The van der Waals surface area contributed by atoms with E-state index in [1.807, 2.05) is 24.1 Å². The van der Waals surface area contributed by atoms with Crippen LogP contribution in [0.1, 0.15) is 29.9 Å². The minimum atomic E-state index is -0.358. The van der Waals surface area contributed by atoms with Crippen molar-refractivity contribution in [2.75, 3.05) is 20.2 Å². The van der Waals surface area contributed by atoms with E-state index >= 15 is 0 Å². The lowest BCUT2D eigenvalue weighted by molar-refractivity contribution is 0.0518. The van der Waals surface area contributed by atoms with Gasteiger partial charge in [-0.15, -0.1) is 0 Å². The molecule has 5 nitrogen and oxygen atoms in total. The van der Waals surface area contributed by atoms with E-state index in [2.05, 4.69) is 16.1 Å². The number of hydrogen-bond acceptors (Lipinski definition) is 4. The Balaban J connectivity index is 2.08. The first kappa shape index (κ1) is 11.7. The molecule has 5 heteroatoms. The molecule has 1 aliphatic heterocycles. The quantitative estimate of drug-likeness (QED) is 0.744. The molecule has 1 aliphatic rings. The molecule has 1 unspecified atom stereocenters. The topological polar surface area (TPSA) is 47.4 Å². The van der Waals surface area contributed by atoms with Crippen LogP contribution in [-0.2, 0) is 4.74 Å². The van der Waals surface area contributed by atoms with Gasteiger partial charge in [0.2, 0.25) is 0 Å². The van der Waals surface area contributed by atoms with Crippen LogP contribution in [0, 0.1) is 0 Å². The number of rotatable bonds is 3. The monoisotopic (exact) mass is 235 g/mol. The fourth-order valence-electron chi connectivity index (χ4n) is 1.81. The van der Waals surface area contributed by atoms with Crippen molar-refractivity contribution in [2.24, 2.45) is 0 Å². The summed E-state index contributed by atoms with van der Waals surface area (Å²) in [6.45, 7) is 3.16. The van der Waals surface area contributed by atoms with Crippen LogP contribution in [0.3, 0.4) is 0 Å². The highest BCUT2D eigenvalue weighted by Gasteiger charge is 2.16. The molecule has 0 bridgehead atoms. The van der Waals surface area contributed by atoms with Crippen molar-refractivity contribution in [1.29, 1.82) is 0 Å². The van der Waals surface area contributed by atoms with Crippen LogP contribution in [0.5, 0.6) is 0 Å². The Morgan fingerprint density at radius 2 is 2.47 bits per heavy atom. The largest absolute Gasteiger partial charge is 0.461 e. The fourth-order valence-corrected chi connectivity index (χ4v) is 1.81. The summed E-state index contributed by atoms with van der Waals surface area (Å²) >= 11 is 0. The van der Waals surface area contributed by atoms with Crippen LogP contribution in [-0.4, -0.2) is 40.8 Å². The maximum Gasteiger partial charge on any atom is 0.358 e. The second-order valence-electron chi connectivity index (χ2n) is 4.08. The van der Waals surface area contributed by atoms with E-state index in [1.165, 1.54) is 0 Å². The predicted molar refractivity (Wildman–Crippen MR) is 63.6 cm³/mol. The lowest BCUT2D eigenvalue weighted by Gasteiger charge is -2.24. The first-order chi connectivity index (χ1) is 8.20. The van der Waals surface area contributed by atoms with Crippen LogP contribution in [0.2, 0.25) is 0 Å². The van der Waals surface area contributed by atoms with Gasteiger partial charge in [0.05, 0.1) is 12.6 Å². The molecular weight excluding hydrogens is 218 g/mol. The number of allylic oxidation sites excluding steroid dienone is 1. The Morgan fingerprint density at radius 1 is 1.65 bits per heavy atom.